The van der Waals surface area contributed by atoms with E-state index in [1.807, 2.05) is 6.92 Å². The lowest BCUT2D eigenvalue weighted by Crippen LogP contribution is -2.27. The van der Waals surface area contributed by atoms with Crippen molar-refractivity contribution in [2.75, 3.05) is 13.2 Å². The maximum absolute atomic E-state index is 11.3. The molecule has 1 aromatic carbocycles. The second-order valence-electron chi connectivity index (χ2n) is 4.31. The summed E-state index contributed by atoms with van der Waals surface area (Å²) in [6.45, 7) is 7.47. The predicted octanol–water partition coefficient (Wildman–Crippen LogP) is 2.46. The van der Waals surface area contributed by atoms with Crippen molar-refractivity contribution in [2.24, 2.45) is 0 Å². The second-order valence-corrected chi connectivity index (χ2v) is 4.31. The number of rotatable bonds is 6. The molecule has 0 radical (unpaired) electrons. The van der Waals surface area contributed by atoms with E-state index in [-0.39, 0.29) is 12.5 Å². The number of ether oxygens (including phenoxy) is 1. The first kappa shape index (κ1) is 13.7. The molecule has 0 spiro atoms. The molecule has 0 aliphatic rings. The third-order valence-corrected chi connectivity index (χ3v) is 2.57. The van der Waals surface area contributed by atoms with Crippen molar-refractivity contribution in [3.05, 3.63) is 35.4 Å². The number of amides is 1. The van der Waals surface area contributed by atoms with E-state index in [4.69, 9.17) is 4.74 Å². The van der Waals surface area contributed by atoms with Crippen molar-refractivity contribution in [1.29, 1.82) is 0 Å². The van der Waals surface area contributed by atoms with E-state index in [2.05, 4.69) is 43.4 Å². The smallest absolute Gasteiger partial charge is 0.246 e. The highest BCUT2D eigenvalue weighted by molar-refractivity contribution is 5.77. The molecule has 0 saturated heterocycles. The van der Waals surface area contributed by atoms with Gasteiger partial charge in [0.05, 0.1) is 0 Å². The Labute approximate surface area is 103 Å². The fraction of sp³-hybridized carbons (Fsp3) is 0.500. The summed E-state index contributed by atoms with van der Waals surface area (Å²) < 4.78 is 5.02. The summed E-state index contributed by atoms with van der Waals surface area (Å²) in [4.78, 5) is 11.3. The zero-order valence-corrected chi connectivity index (χ0v) is 10.8. The Hall–Kier alpha value is -1.35. The van der Waals surface area contributed by atoms with Gasteiger partial charge >= 0.3 is 0 Å². The van der Waals surface area contributed by atoms with Gasteiger partial charge in [-0.1, -0.05) is 38.1 Å². The Morgan fingerprint density at radius 3 is 2.47 bits per heavy atom. The molecule has 0 heterocycles. The number of carbonyl (C=O) groups excluding carboxylic acids is 1. The molecular weight excluding hydrogens is 214 g/mol. The fourth-order valence-electron chi connectivity index (χ4n) is 1.47. The van der Waals surface area contributed by atoms with Gasteiger partial charge in [-0.15, -0.1) is 0 Å². The minimum Gasteiger partial charge on any atom is -0.372 e. The molecule has 1 amide bonds. The lowest BCUT2D eigenvalue weighted by Gasteiger charge is -2.08. The van der Waals surface area contributed by atoms with Crippen LogP contribution in [-0.4, -0.2) is 19.1 Å². The van der Waals surface area contributed by atoms with Gasteiger partial charge in [0.2, 0.25) is 5.91 Å². The van der Waals surface area contributed by atoms with Gasteiger partial charge in [-0.3, -0.25) is 4.79 Å². The van der Waals surface area contributed by atoms with E-state index in [1.54, 1.807) is 0 Å². The first-order valence-electron chi connectivity index (χ1n) is 6.06. The van der Waals surface area contributed by atoms with Crippen LogP contribution in [0.15, 0.2) is 24.3 Å². The topological polar surface area (TPSA) is 38.3 Å². The van der Waals surface area contributed by atoms with E-state index >= 15 is 0 Å². The van der Waals surface area contributed by atoms with Gasteiger partial charge in [-0.2, -0.15) is 0 Å². The summed E-state index contributed by atoms with van der Waals surface area (Å²) in [5, 5.41) is 2.82. The zero-order chi connectivity index (χ0) is 12.7. The molecule has 0 aromatic heterocycles. The van der Waals surface area contributed by atoms with Crippen LogP contribution in [0.2, 0.25) is 0 Å². The summed E-state index contributed by atoms with van der Waals surface area (Å²) in [6.07, 6.45) is 0. The van der Waals surface area contributed by atoms with Gasteiger partial charge in [0.15, 0.2) is 0 Å². The highest BCUT2D eigenvalue weighted by atomic mass is 16.5. The predicted molar refractivity (Wildman–Crippen MR) is 68.9 cm³/mol. The molecule has 0 fully saturated rings. The number of hydrogen-bond donors (Lipinski definition) is 1. The largest absolute Gasteiger partial charge is 0.372 e. The molecule has 0 atom stereocenters. The average Bonchev–Trinajstić information content (AvgIpc) is 2.34. The molecule has 3 heteroatoms. The van der Waals surface area contributed by atoms with Crippen LogP contribution in [0, 0.1) is 0 Å². The number of benzene rings is 1. The Morgan fingerprint density at radius 1 is 1.29 bits per heavy atom. The number of hydrogen-bond acceptors (Lipinski definition) is 2. The Morgan fingerprint density at radius 2 is 1.94 bits per heavy atom. The van der Waals surface area contributed by atoms with Gasteiger partial charge in [0, 0.05) is 13.2 Å². The standard InChI is InChI=1S/C14H21NO2/c1-4-17-10-14(16)15-9-12-5-7-13(8-6-12)11(2)3/h5-8,11H,4,9-10H2,1-3H3,(H,15,16). The SMILES string of the molecule is CCOCC(=O)NCc1ccc(C(C)C)cc1. The summed E-state index contributed by atoms with van der Waals surface area (Å²) in [5.74, 6) is 0.469. The molecule has 94 valence electrons. The second kappa shape index (κ2) is 7.07. The van der Waals surface area contributed by atoms with Crippen LogP contribution < -0.4 is 5.32 Å². The van der Waals surface area contributed by atoms with Crippen LogP contribution in [0.5, 0.6) is 0 Å². The van der Waals surface area contributed by atoms with Crippen molar-refractivity contribution in [1.82, 2.24) is 5.32 Å². The fourth-order valence-corrected chi connectivity index (χ4v) is 1.47. The van der Waals surface area contributed by atoms with E-state index in [9.17, 15) is 4.79 Å². The van der Waals surface area contributed by atoms with E-state index < -0.39 is 0 Å². The molecule has 0 saturated carbocycles. The minimum absolute atomic E-state index is 0.0696. The maximum atomic E-state index is 11.3. The molecule has 17 heavy (non-hydrogen) atoms. The van der Waals surface area contributed by atoms with Gasteiger partial charge < -0.3 is 10.1 Å². The summed E-state index contributed by atoms with van der Waals surface area (Å²) in [5.41, 5.74) is 2.42. The Balaban J connectivity index is 2.39. The molecular formula is C14H21NO2. The monoisotopic (exact) mass is 235 g/mol. The molecule has 1 aromatic rings. The highest BCUT2D eigenvalue weighted by Crippen LogP contribution is 2.14. The van der Waals surface area contributed by atoms with Crippen LogP contribution in [0.1, 0.15) is 37.8 Å². The first-order valence-corrected chi connectivity index (χ1v) is 6.06. The summed E-state index contributed by atoms with van der Waals surface area (Å²) in [7, 11) is 0. The molecule has 0 unspecified atom stereocenters. The van der Waals surface area contributed by atoms with Crippen molar-refractivity contribution < 1.29 is 9.53 Å². The van der Waals surface area contributed by atoms with E-state index in [1.165, 1.54) is 5.56 Å². The molecule has 1 rings (SSSR count). The Bertz CT molecular complexity index is 344. The van der Waals surface area contributed by atoms with E-state index in [0.29, 0.717) is 19.1 Å². The van der Waals surface area contributed by atoms with Gasteiger partial charge in [0.25, 0.3) is 0 Å². The first-order chi connectivity index (χ1) is 8.13. The number of nitrogens with one attached hydrogen (secondary N) is 1. The quantitative estimate of drug-likeness (QED) is 0.822. The van der Waals surface area contributed by atoms with Crippen LogP contribution >= 0.6 is 0 Å². The lowest BCUT2D eigenvalue weighted by molar-refractivity contribution is -0.125. The maximum Gasteiger partial charge on any atom is 0.246 e. The van der Waals surface area contributed by atoms with Gasteiger partial charge in [0.1, 0.15) is 6.61 Å². The zero-order valence-electron chi connectivity index (χ0n) is 10.8. The average molecular weight is 235 g/mol. The normalized spacial score (nSPS) is 10.6. The van der Waals surface area contributed by atoms with Crippen LogP contribution in [0.25, 0.3) is 0 Å². The Kier molecular flexibility index (Phi) is 5.70. The molecule has 0 bridgehead atoms. The van der Waals surface area contributed by atoms with Gasteiger partial charge in [-0.05, 0) is 24.0 Å². The van der Waals surface area contributed by atoms with Crippen LogP contribution in [0.3, 0.4) is 0 Å². The third kappa shape index (κ3) is 5.00. The molecule has 0 aliphatic carbocycles. The molecule has 1 N–H and O–H groups in total. The highest BCUT2D eigenvalue weighted by Gasteiger charge is 2.02. The van der Waals surface area contributed by atoms with Crippen LogP contribution in [-0.2, 0) is 16.1 Å². The lowest BCUT2D eigenvalue weighted by atomic mass is 10.0. The van der Waals surface area contributed by atoms with Crippen molar-refractivity contribution in [3.8, 4) is 0 Å². The van der Waals surface area contributed by atoms with Crippen molar-refractivity contribution >= 4 is 5.91 Å². The summed E-state index contributed by atoms with van der Waals surface area (Å²) >= 11 is 0. The molecule has 3 nitrogen and oxygen atoms in total. The van der Waals surface area contributed by atoms with Crippen molar-refractivity contribution in [2.45, 2.75) is 33.2 Å². The van der Waals surface area contributed by atoms with E-state index in [0.717, 1.165) is 5.56 Å². The molecule has 0 aliphatic heterocycles. The minimum atomic E-state index is -0.0696. The van der Waals surface area contributed by atoms with Gasteiger partial charge in [-0.25, -0.2) is 0 Å². The summed E-state index contributed by atoms with van der Waals surface area (Å²) in [6, 6.07) is 8.32. The van der Waals surface area contributed by atoms with Crippen LogP contribution in [0.4, 0.5) is 0 Å². The third-order valence-electron chi connectivity index (χ3n) is 2.57. The van der Waals surface area contributed by atoms with Crippen molar-refractivity contribution in [3.63, 3.8) is 0 Å². The number of carbonyl (C=O) groups is 1.